The monoisotopic (exact) mass is 195 g/mol. The van der Waals surface area contributed by atoms with Crippen molar-refractivity contribution in [1.82, 2.24) is 4.98 Å². The Kier molecular flexibility index (Phi) is 2.21. The number of hydrogen-bond donors (Lipinski definition) is 1. The summed E-state index contributed by atoms with van der Waals surface area (Å²) >= 11 is 5.75. The van der Waals surface area contributed by atoms with Gasteiger partial charge >= 0.3 is 0 Å². The second kappa shape index (κ2) is 2.72. The summed E-state index contributed by atoms with van der Waals surface area (Å²) in [7, 11) is -1.06. The van der Waals surface area contributed by atoms with Gasteiger partial charge in [-0.3, -0.25) is 0 Å². The summed E-state index contributed by atoms with van der Waals surface area (Å²) in [5.41, 5.74) is 0. The van der Waals surface area contributed by atoms with Gasteiger partial charge < -0.3 is 4.98 Å². The summed E-state index contributed by atoms with van der Waals surface area (Å²) in [5.74, 6) is -0.225. The molecule has 1 aromatic heterocycles. The molecule has 0 amide bonds. The number of nitrogens with one attached hydrogen (secondary N) is 1. The van der Waals surface area contributed by atoms with Crippen molar-refractivity contribution < 1.29 is 4.39 Å². The van der Waals surface area contributed by atoms with Crippen molar-refractivity contribution in [2.45, 2.75) is 4.90 Å². The highest BCUT2D eigenvalue weighted by Crippen LogP contribution is 2.49. The van der Waals surface area contributed by atoms with E-state index in [0.717, 1.165) is 0 Å². The molecule has 0 spiro atoms. The number of aromatic amines is 1. The second-order valence-corrected chi connectivity index (χ2v) is 7.58. The zero-order chi connectivity index (χ0) is 8.65. The average molecular weight is 196 g/mol. The van der Waals surface area contributed by atoms with Crippen molar-refractivity contribution in [3.05, 3.63) is 17.2 Å². The number of H-pyrrole nitrogens is 1. The van der Waals surface area contributed by atoms with E-state index in [-0.39, 0.29) is 5.82 Å². The molecule has 0 saturated heterocycles. The molecule has 1 N–H and O–H groups in total. The highest BCUT2D eigenvalue weighted by Gasteiger charge is 2.18. The molecule has 0 aliphatic rings. The van der Waals surface area contributed by atoms with Crippen LogP contribution in [0.3, 0.4) is 0 Å². The van der Waals surface area contributed by atoms with Gasteiger partial charge in [0.2, 0.25) is 0 Å². The molecule has 1 rings (SSSR count). The van der Waals surface area contributed by atoms with Crippen LogP contribution >= 0.6 is 21.6 Å². The summed E-state index contributed by atoms with van der Waals surface area (Å²) in [5, 5.41) is 0.435. The summed E-state index contributed by atoms with van der Waals surface area (Å²) < 4.78 is 13.0. The van der Waals surface area contributed by atoms with Gasteiger partial charge in [-0.25, -0.2) is 14.4 Å². The van der Waals surface area contributed by atoms with Crippen molar-refractivity contribution in [1.29, 1.82) is 0 Å². The van der Waals surface area contributed by atoms with Crippen LogP contribution in [-0.2, 0) is 0 Å². The van der Waals surface area contributed by atoms with Crippen LogP contribution in [0.4, 0.5) is 4.39 Å². The van der Waals surface area contributed by atoms with E-state index < -0.39 is 10.0 Å². The first-order valence-electron chi connectivity index (χ1n) is 3.13. The molecule has 1 nitrogen and oxygen atoms in total. The van der Waals surface area contributed by atoms with E-state index in [0.29, 0.717) is 10.0 Å². The summed E-state index contributed by atoms with van der Waals surface area (Å²) in [4.78, 5) is 3.29. The van der Waals surface area contributed by atoms with Crippen molar-refractivity contribution >= 4 is 21.6 Å². The Bertz CT molecular complexity index is 244. The standard InChI is InChI=1S/C7H11ClFNS/c1-11(2,3)6-5(9)4-10-7(6)8/h4,10H,1-3H3. The van der Waals surface area contributed by atoms with E-state index in [1.54, 1.807) is 0 Å². The number of halogens is 2. The van der Waals surface area contributed by atoms with Crippen LogP contribution in [0, 0.1) is 5.82 Å². The van der Waals surface area contributed by atoms with E-state index in [4.69, 9.17) is 11.6 Å². The van der Waals surface area contributed by atoms with E-state index in [2.05, 4.69) is 4.98 Å². The molecule has 0 radical (unpaired) electrons. The van der Waals surface area contributed by atoms with Gasteiger partial charge in [0, 0.05) is 6.20 Å². The van der Waals surface area contributed by atoms with Gasteiger partial charge in [0.25, 0.3) is 0 Å². The maximum Gasteiger partial charge on any atom is 0.154 e. The highest BCUT2D eigenvalue weighted by atomic mass is 35.5. The molecular formula is C7H11ClFNS. The van der Waals surface area contributed by atoms with Gasteiger partial charge in [-0.05, 0) is 18.8 Å². The molecule has 1 heterocycles. The molecule has 1 aromatic rings. The third-order valence-corrected chi connectivity index (χ3v) is 3.39. The fourth-order valence-corrected chi connectivity index (χ4v) is 3.00. The lowest BCUT2D eigenvalue weighted by Gasteiger charge is -2.24. The normalized spacial score (nSPS) is 13.5. The van der Waals surface area contributed by atoms with Crippen LogP contribution in [0.5, 0.6) is 0 Å². The SMILES string of the molecule is CS(C)(C)c1c(F)c[nH]c1Cl. The van der Waals surface area contributed by atoms with Crippen LogP contribution in [0.2, 0.25) is 5.15 Å². The molecule has 0 aliphatic carbocycles. The Hall–Kier alpha value is -0.150. The molecule has 0 unspecified atom stereocenters. The van der Waals surface area contributed by atoms with Crippen LogP contribution in [0.25, 0.3) is 0 Å². The Morgan fingerprint density at radius 1 is 1.45 bits per heavy atom. The maximum absolute atomic E-state index is 13.0. The van der Waals surface area contributed by atoms with Gasteiger partial charge in [0.15, 0.2) is 5.82 Å². The third kappa shape index (κ3) is 1.71. The molecule has 4 heteroatoms. The maximum atomic E-state index is 13.0. The summed E-state index contributed by atoms with van der Waals surface area (Å²) in [6.45, 7) is 0. The zero-order valence-electron chi connectivity index (χ0n) is 6.74. The number of aromatic nitrogens is 1. The Labute approximate surface area is 72.3 Å². The average Bonchev–Trinajstić information content (AvgIpc) is 2.08. The Morgan fingerprint density at radius 2 is 2.00 bits per heavy atom. The molecule has 0 atom stereocenters. The molecular weight excluding hydrogens is 185 g/mol. The largest absolute Gasteiger partial charge is 0.349 e. The first-order chi connectivity index (χ1) is 4.93. The van der Waals surface area contributed by atoms with Crippen LogP contribution in [-0.4, -0.2) is 23.8 Å². The van der Waals surface area contributed by atoms with Gasteiger partial charge in [-0.15, -0.1) is 0 Å². The Balaban J connectivity index is 3.21. The fourth-order valence-electron chi connectivity index (χ4n) is 0.924. The lowest BCUT2D eigenvalue weighted by Crippen LogP contribution is -1.94. The Morgan fingerprint density at radius 3 is 2.18 bits per heavy atom. The molecule has 0 bridgehead atoms. The molecule has 64 valence electrons. The minimum atomic E-state index is -1.06. The lowest BCUT2D eigenvalue weighted by molar-refractivity contribution is 0.606. The van der Waals surface area contributed by atoms with Crippen LogP contribution in [0.1, 0.15) is 0 Å². The third-order valence-electron chi connectivity index (χ3n) is 1.35. The van der Waals surface area contributed by atoms with Crippen molar-refractivity contribution in [3.8, 4) is 0 Å². The predicted octanol–water partition coefficient (Wildman–Crippen LogP) is 2.86. The molecule has 0 saturated carbocycles. The predicted molar refractivity (Wildman–Crippen MR) is 49.4 cm³/mol. The van der Waals surface area contributed by atoms with Crippen LogP contribution < -0.4 is 0 Å². The molecule has 11 heavy (non-hydrogen) atoms. The van der Waals surface area contributed by atoms with Gasteiger partial charge in [0.05, 0.1) is 4.90 Å². The zero-order valence-corrected chi connectivity index (χ0v) is 8.31. The smallest absolute Gasteiger partial charge is 0.154 e. The van der Waals surface area contributed by atoms with Crippen LogP contribution in [0.15, 0.2) is 11.1 Å². The van der Waals surface area contributed by atoms with Gasteiger partial charge in [-0.1, -0.05) is 11.6 Å². The highest BCUT2D eigenvalue weighted by molar-refractivity contribution is 8.32. The number of rotatable bonds is 1. The van der Waals surface area contributed by atoms with Crippen molar-refractivity contribution in [2.24, 2.45) is 0 Å². The second-order valence-electron chi connectivity index (χ2n) is 3.12. The first-order valence-corrected chi connectivity index (χ1v) is 6.37. The van der Waals surface area contributed by atoms with E-state index >= 15 is 0 Å². The minimum Gasteiger partial charge on any atom is -0.349 e. The summed E-state index contributed by atoms with van der Waals surface area (Å²) in [6, 6.07) is 0. The molecule has 0 aromatic carbocycles. The fraction of sp³-hybridized carbons (Fsp3) is 0.429. The van der Waals surface area contributed by atoms with Gasteiger partial charge in [0.1, 0.15) is 5.15 Å². The first kappa shape index (κ1) is 8.94. The lowest BCUT2D eigenvalue weighted by atomic mass is 10.6. The number of hydrogen-bond acceptors (Lipinski definition) is 0. The van der Waals surface area contributed by atoms with Gasteiger partial charge in [-0.2, -0.15) is 0 Å². The minimum absolute atomic E-state index is 0.225. The van der Waals surface area contributed by atoms with Crippen molar-refractivity contribution in [3.63, 3.8) is 0 Å². The van der Waals surface area contributed by atoms with E-state index in [9.17, 15) is 4.39 Å². The summed E-state index contributed by atoms with van der Waals surface area (Å²) in [6.07, 6.45) is 7.32. The van der Waals surface area contributed by atoms with E-state index in [1.807, 2.05) is 18.8 Å². The van der Waals surface area contributed by atoms with Crippen molar-refractivity contribution in [2.75, 3.05) is 18.8 Å². The van der Waals surface area contributed by atoms with E-state index in [1.165, 1.54) is 6.20 Å². The molecule has 0 aliphatic heterocycles. The molecule has 0 fully saturated rings. The topological polar surface area (TPSA) is 15.8 Å². The quantitative estimate of drug-likeness (QED) is 0.710.